The predicted molar refractivity (Wildman–Crippen MR) is 105 cm³/mol. The molecule has 0 atom stereocenters. The first kappa shape index (κ1) is 20.7. The van der Waals surface area contributed by atoms with Gasteiger partial charge in [0, 0.05) is 44.6 Å². The minimum Gasteiger partial charge on any atom is -0.381 e. The van der Waals surface area contributed by atoms with Crippen LogP contribution in [0.2, 0.25) is 0 Å². The average molecular weight is 437 g/mol. The Kier molecular flexibility index (Phi) is 5.23. The number of carbonyl (C=O) groups is 1. The molecule has 30 heavy (non-hydrogen) atoms. The highest BCUT2D eigenvalue weighted by Gasteiger charge is 2.33. The number of alkyl halides is 2. The first-order valence-electron chi connectivity index (χ1n) is 9.55. The Labute approximate surface area is 172 Å². The Morgan fingerprint density at radius 3 is 2.63 bits per heavy atom. The number of halogens is 2. The van der Waals surface area contributed by atoms with Gasteiger partial charge in [0.25, 0.3) is 10.0 Å². The Balaban J connectivity index is 1.78. The zero-order valence-corrected chi connectivity index (χ0v) is 17.1. The molecule has 0 saturated carbocycles. The molecule has 2 aromatic heterocycles. The summed E-state index contributed by atoms with van der Waals surface area (Å²) in [6.07, 6.45) is 4.55. The molecule has 3 heterocycles. The van der Waals surface area contributed by atoms with Gasteiger partial charge in [-0.1, -0.05) is 0 Å². The van der Waals surface area contributed by atoms with E-state index in [2.05, 4.69) is 4.98 Å². The SMILES string of the molecule is CC(F)(F)c1nc2cc(S(=O)(=O)n3ccc(C=O)c3)ccc2n1CC1CCOCC1. The van der Waals surface area contributed by atoms with E-state index in [1.165, 1.54) is 41.2 Å². The molecule has 1 aliphatic heterocycles. The standard InChI is InChI=1S/C20H21F2N3O4S/c1-20(21,22)19-23-17-10-16(30(27,28)24-7-4-15(11-24)13-26)2-3-18(17)25(19)12-14-5-8-29-9-6-14/h2-4,7,10-11,13-14H,5-6,8-9,12H2,1H3. The lowest BCUT2D eigenvalue weighted by atomic mass is 10.00. The Morgan fingerprint density at radius 1 is 1.27 bits per heavy atom. The molecule has 10 heteroatoms. The minimum absolute atomic E-state index is 0.0928. The van der Waals surface area contributed by atoms with E-state index in [0.29, 0.717) is 31.6 Å². The molecule has 0 unspecified atom stereocenters. The molecule has 0 radical (unpaired) electrons. The zero-order valence-electron chi connectivity index (χ0n) is 16.3. The number of aromatic nitrogens is 3. The van der Waals surface area contributed by atoms with Crippen molar-refractivity contribution < 1.29 is 26.7 Å². The molecule has 0 aliphatic carbocycles. The summed E-state index contributed by atoms with van der Waals surface area (Å²) in [5, 5.41) is 0. The second-order valence-corrected chi connectivity index (χ2v) is 9.38. The van der Waals surface area contributed by atoms with Crippen molar-refractivity contribution in [2.45, 2.75) is 37.1 Å². The van der Waals surface area contributed by atoms with Crippen LogP contribution in [0.1, 0.15) is 35.9 Å². The van der Waals surface area contributed by atoms with Crippen LogP contribution in [0.3, 0.4) is 0 Å². The molecule has 1 fully saturated rings. The number of aldehydes is 1. The van der Waals surface area contributed by atoms with Crippen LogP contribution >= 0.6 is 0 Å². The van der Waals surface area contributed by atoms with Gasteiger partial charge in [-0.15, -0.1) is 0 Å². The van der Waals surface area contributed by atoms with Gasteiger partial charge in [0.15, 0.2) is 12.1 Å². The zero-order chi connectivity index (χ0) is 21.5. The van der Waals surface area contributed by atoms with E-state index in [1.807, 2.05) is 0 Å². The lowest BCUT2D eigenvalue weighted by Gasteiger charge is -2.24. The van der Waals surface area contributed by atoms with Gasteiger partial charge in [0.1, 0.15) is 0 Å². The Bertz CT molecular complexity index is 1190. The van der Waals surface area contributed by atoms with Crippen molar-refractivity contribution in [3.05, 3.63) is 48.0 Å². The number of rotatable bonds is 6. The largest absolute Gasteiger partial charge is 0.381 e. The van der Waals surface area contributed by atoms with Crippen LogP contribution in [0.25, 0.3) is 11.0 Å². The van der Waals surface area contributed by atoms with Gasteiger partial charge in [-0.3, -0.25) is 4.79 Å². The average Bonchev–Trinajstić information content (AvgIpc) is 3.34. The van der Waals surface area contributed by atoms with Crippen molar-refractivity contribution in [2.75, 3.05) is 13.2 Å². The van der Waals surface area contributed by atoms with Crippen LogP contribution in [0.15, 0.2) is 41.6 Å². The number of hydrogen-bond donors (Lipinski definition) is 0. The van der Waals surface area contributed by atoms with Crippen molar-refractivity contribution >= 4 is 27.3 Å². The van der Waals surface area contributed by atoms with Crippen LogP contribution in [-0.4, -0.2) is 41.4 Å². The summed E-state index contributed by atoms with van der Waals surface area (Å²) >= 11 is 0. The summed E-state index contributed by atoms with van der Waals surface area (Å²) in [4.78, 5) is 14.9. The molecule has 4 rings (SSSR count). The molecule has 160 valence electrons. The predicted octanol–water partition coefficient (Wildman–Crippen LogP) is 3.43. The van der Waals surface area contributed by atoms with Crippen LogP contribution in [0.4, 0.5) is 8.78 Å². The molecule has 0 N–H and O–H groups in total. The quantitative estimate of drug-likeness (QED) is 0.552. The van der Waals surface area contributed by atoms with E-state index >= 15 is 0 Å². The summed E-state index contributed by atoms with van der Waals surface area (Å²) in [7, 11) is -3.98. The maximum Gasteiger partial charge on any atom is 0.302 e. The lowest BCUT2D eigenvalue weighted by Crippen LogP contribution is -2.24. The van der Waals surface area contributed by atoms with E-state index in [0.717, 1.165) is 23.7 Å². The topological polar surface area (TPSA) is 83.2 Å². The van der Waals surface area contributed by atoms with Gasteiger partial charge in [-0.05, 0) is 43.0 Å². The van der Waals surface area contributed by atoms with Crippen LogP contribution < -0.4 is 0 Å². The van der Waals surface area contributed by atoms with E-state index in [9.17, 15) is 22.0 Å². The van der Waals surface area contributed by atoms with Gasteiger partial charge < -0.3 is 9.30 Å². The second-order valence-electron chi connectivity index (χ2n) is 7.54. The van der Waals surface area contributed by atoms with Crippen LogP contribution in [-0.2, 0) is 27.2 Å². The summed E-state index contributed by atoms with van der Waals surface area (Å²) in [6, 6.07) is 5.55. The van der Waals surface area contributed by atoms with E-state index in [1.54, 1.807) is 0 Å². The molecule has 1 aromatic carbocycles. The number of hydrogen-bond acceptors (Lipinski definition) is 5. The minimum atomic E-state index is -3.98. The highest BCUT2D eigenvalue weighted by molar-refractivity contribution is 7.90. The number of carbonyl (C=O) groups excluding carboxylic acids is 1. The van der Waals surface area contributed by atoms with Gasteiger partial charge in [-0.25, -0.2) is 17.4 Å². The van der Waals surface area contributed by atoms with Crippen molar-refractivity contribution in [1.29, 1.82) is 0 Å². The number of imidazole rings is 1. The fraction of sp³-hybridized carbons (Fsp3) is 0.400. The molecule has 1 saturated heterocycles. The van der Waals surface area contributed by atoms with E-state index in [-0.39, 0.29) is 27.7 Å². The molecular weight excluding hydrogens is 416 g/mol. The van der Waals surface area contributed by atoms with Crippen molar-refractivity contribution in [3.8, 4) is 0 Å². The number of fused-ring (bicyclic) bond motifs is 1. The molecular formula is C20H21F2N3O4S. The van der Waals surface area contributed by atoms with Crippen molar-refractivity contribution in [3.63, 3.8) is 0 Å². The third-order valence-corrected chi connectivity index (χ3v) is 6.93. The van der Waals surface area contributed by atoms with Crippen LogP contribution in [0, 0.1) is 5.92 Å². The first-order chi connectivity index (χ1) is 14.2. The van der Waals surface area contributed by atoms with E-state index in [4.69, 9.17) is 4.74 Å². The molecule has 0 bridgehead atoms. The number of benzene rings is 1. The monoisotopic (exact) mass is 437 g/mol. The van der Waals surface area contributed by atoms with Crippen LogP contribution in [0.5, 0.6) is 0 Å². The first-order valence-corrected chi connectivity index (χ1v) is 11.0. The molecule has 1 aliphatic rings. The molecule has 7 nitrogen and oxygen atoms in total. The normalized spacial score (nSPS) is 16.2. The molecule has 3 aromatic rings. The fourth-order valence-electron chi connectivity index (χ4n) is 3.71. The van der Waals surface area contributed by atoms with Crippen molar-refractivity contribution in [2.24, 2.45) is 5.92 Å². The van der Waals surface area contributed by atoms with E-state index < -0.39 is 15.9 Å². The van der Waals surface area contributed by atoms with Gasteiger partial charge in [0.2, 0.25) is 0 Å². The summed E-state index contributed by atoms with van der Waals surface area (Å²) < 4.78 is 62.1. The fourth-order valence-corrected chi connectivity index (χ4v) is 4.94. The van der Waals surface area contributed by atoms with Crippen molar-refractivity contribution in [1.82, 2.24) is 13.5 Å². The number of nitrogens with zero attached hydrogens (tertiary/aromatic N) is 3. The maximum absolute atomic E-state index is 14.3. The third-order valence-electron chi connectivity index (χ3n) is 5.30. The van der Waals surface area contributed by atoms with Gasteiger partial charge in [-0.2, -0.15) is 8.78 Å². The smallest absolute Gasteiger partial charge is 0.302 e. The molecule has 0 amide bonds. The summed E-state index contributed by atoms with van der Waals surface area (Å²) in [6.45, 7) is 2.34. The maximum atomic E-state index is 14.3. The summed E-state index contributed by atoms with van der Waals surface area (Å²) in [5.74, 6) is -3.38. The Morgan fingerprint density at radius 2 is 2.00 bits per heavy atom. The van der Waals surface area contributed by atoms with Gasteiger partial charge in [0.05, 0.1) is 15.9 Å². The Hall–Kier alpha value is -2.59. The highest BCUT2D eigenvalue weighted by Crippen LogP contribution is 2.32. The van der Waals surface area contributed by atoms with Gasteiger partial charge >= 0.3 is 5.92 Å². The second kappa shape index (κ2) is 7.59. The lowest BCUT2D eigenvalue weighted by molar-refractivity contribution is 0.00222. The molecule has 0 spiro atoms. The highest BCUT2D eigenvalue weighted by atomic mass is 32.2. The third kappa shape index (κ3) is 3.77. The summed E-state index contributed by atoms with van der Waals surface area (Å²) in [5.41, 5.74) is 0.855. The number of ether oxygens (including phenoxy) is 1.